The Labute approximate surface area is 136 Å². The predicted octanol–water partition coefficient (Wildman–Crippen LogP) is 3.29. The highest BCUT2D eigenvalue weighted by atomic mass is 32.2. The normalized spacial score (nSPS) is 34.0. The van der Waals surface area contributed by atoms with Crippen molar-refractivity contribution in [2.45, 2.75) is 50.3 Å². The van der Waals surface area contributed by atoms with Crippen LogP contribution in [0.25, 0.3) is 0 Å². The number of rotatable bonds is 5. The molecular weight excluding hydrogens is 294 g/mol. The number of carbonyl (C=O) groups excluding carboxylic acids is 1. The van der Waals surface area contributed by atoms with Crippen LogP contribution < -0.4 is 0 Å². The van der Waals surface area contributed by atoms with Gasteiger partial charge in [-0.2, -0.15) is 0 Å². The first-order valence-corrected chi connectivity index (χ1v) is 9.31. The molecule has 2 heterocycles. The Morgan fingerprint density at radius 2 is 2.05 bits per heavy atom. The highest BCUT2D eigenvalue weighted by Crippen LogP contribution is 2.58. The molecule has 4 heteroatoms. The smallest absolute Gasteiger partial charge is 0.259 e. The van der Waals surface area contributed by atoms with Gasteiger partial charge in [0.1, 0.15) is 5.37 Å². The Bertz CT molecular complexity index is 572. The van der Waals surface area contributed by atoms with Crippen molar-refractivity contribution in [1.82, 2.24) is 4.90 Å². The van der Waals surface area contributed by atoms with Gasteiger partial charge in [0, 0.05) is 17.7 Å². The average molecular weight is 317 g/mol. The van der Waals surface area contributed by atoms with Crippen molar-refractivity contribution in [3.05, 3.63) is 35.9 Å². The minimum absolute atomic E-state index is 0.239. The fraction of sp³-hybridized carbons (Fsp3) is 0.611. The Morgan fingerprint density at radius 3 is 2.68 bits per heavy atom. The van der Waals surface area contributed by atoms with E-state index in [2.05, 4.69) is 30.9 Å². The molecule has 0 aromatic heterocycles. The molecule has 3 fully saturated rings. The molecule has 3 aliphatic rings. The zero-order chi connectivity index (χ0) is 15.3. The zero-order valence-electron chi connectivity index (χ0n) is 13.2. The SMILES string of the molecule is CC(C)[C@@H]1CS[C@H]2N1C(=O)[C@]2(OCc1ccccc1)C1CC1. The van der Waals surface area contributed by atoms with E-state index >= 15 is 0 Å². The second kappa shape index (κ2) is 5.27. The molecule has 22 heavy (non-hydrogen) atoms. The fourth-order valence-corrected chi connectivity index (χ4v) is 5.73. The van der Waals surface area contributed by atoms with Crippen molar-refractivity contribution in [3.63, 3.8) is 0 Å². The lowest BCUT2D eigenvalue weighted by Crippen LogP contribution is -2.74. The van der Waals surface area contributed by atoms with Crippen LogP contribution in [0.1, 0.15) is 32.3 Å². The Kier molecular flexibility index (Phi) is 3.50. The van der Waals surface area contributed by atoms with E-state index in [-0.39, 0.29) is 11.3 Å². The van der Waals surface area contributed by atoms with Gasteiger partial charge in [-0.15, -0.1) is 11.8 Å². The van der Waals surface area contributed by atoms with E-state index in [1.165, 1.54) is 0 Å². The maximum absolute atomic E-state index is 13.0. The number of β-lactam (4-membered cyclic amide) rings is 1. The van der Waals surface area contributed by atoms with Crippen LogP contribution in [0.2, 0.25) is 0 Å². The molecule has 0 N–H and O–H groups in total. The number of nitrogens with zero attached hydrogens (tertiary/aromatic N) is 1. The third-order valence-corrected chi connectivity index (χ3v) is 6.67. The number of ether oxygens (including phenoxy) is 1. The molecule has 3 nitrogen and oxygen atoms in total. The molecule has 0 unspecified atom stereocenters. The van der Waals surface area contributed by atoms with Crippen LogP contribution in [0.5, 0.6) is 0 Å². The van der Waals surface area contributed by atoms with Crippen molar-refractivity contribution in [3.8, 4) is 0 Å². The Morgan fingerprint density at radius 1 is 1.32 bits per heavy atom. The van der Waals surface area contributed by atoms with Crippen LogP contribution in [0.4, 0.5) is 0 Å². The van der Waals surface area contributed by atoms with Crippen LogP contribution in [-0.2, 0) is 16.1 Å². The van der Waals surface area contributed by atoms with Crippen molar-refractivity contribution in [2.24, 2.45) is 11.8 Å². The first-order chi connectivity index (χ1) is 10.6. The summed E-state index contributed by atoms with van der Waals surface area (Å²) in [6.45, 7) is 4.96. The molecule has 2 aliphatic heterocycles. The average Bonchev–Trinajstić information content (AvgIpc) is 3.27. The molecule has 118 valence electrons. The van der Waals surface area contributed by atoms with Crippen molar-refractivity contribution >= 4 is 17.7 Å². The molecule has 1 aromatic carbocycles. The Hall–Kier alpha value is -1.00. The van der Waals surface area contributed by atoms with Gasteiger partial charge in [-0.05, 0) is 24.3 Å². The van der Waals surface area contributed by atoms with E-state index in [1.807, 2.05) is 30.0 Å². The van der Waals surface area contributed by atoms with Gasteiger partial charge in [-0.3, -0.25) is 4.79 Å². The standard InChI is InChI=1S/C18H23NO2S/c1-12(2)15-11-22-17-18(14-8-9-14,16(20)19(15)17)21-10-13-6-4-3-5-7-13/h3-7,12,14-15,17H,8-11H2,1-2H3/t15-,17+,18+/m0/s1. The second-order valence-corrected chi connectivity index (χ2v) is 8.16. The number of amides is 1. The van der Waals surface area contributed by atoms with E-state index in [1.54, 1.807) is 0 Å². The topological polar surface area (TPSA) is 29.5 Å². The third-order valence-electron chi connectivity index (χ3n) is 5.24. The van der Waals surface area contributed by atoms with E-state index in [0.29, 0.717) is 24.5 Å². The molecule has 0 spiro atoms. The summed E-state index contributed by atoms with van der Waals surface area (Å²) in [5, 5.41) is 0.239. The largest absolute Gasteiger partial charge is 0.357 e. The summed E-state index contributed by atoms with van der Waals surface area (Å²) in [6.07, 6.45) is 2.27. The summed E-state index contributed by atoms with van der Waals surface area (Å²) < 4.78 is 6.32. The molecule has 3 atom stereocenters. The molecule has 1 aromatic rings. The lowest BCUT2D eigenvalue weighted by Gasteiger charge is -2.54. The van der Waals surface area contributed by atoms with Gasteiger partial charge in [0.25, 0.3) is 5.91 Å². The predicted molar refractivity (Wildman–Crippen MR) is 88.4 cm³/mol. The number of hydrogen-bond acceptors (Lipinski definition) is 3. The Balaban J connectivity index is 1.54. The van der Waals surface area contributed by atoms with Gasteiger partial charge >= 0.3 is 0 Å². The molecule has 0 radical (unpaired) electrons. The number of thioether (sulfide) groups is 1. The third kappa shape index (κ3) is 2.04. The van der Waals surface area contributed by atoms with Gasteiger partial charge in [0.15, 0.2) is 5.60 Å². The van der Waals surface area contributed by atoms with Gasteiger partial charge in [0.05, 0.1) is 6.61 Å². The van der Waals surface area contributed by atoms with E-state index in [0.717, 1.165) is 24.2 Å². The molecule has 1 amide bonds. The van der Waals surface area contributed by atoms with Gasteiger partial charge < -0.3 is 9.64 Å². The molecular formula is C18H23NO2S. The molecule has 2 saturated heterocycles. The lowest BCUT2D eigenvalue weighted by molar-refractivity contribution is -0.204. The minimum atomic E-state index is -0.538. The lowest BCUT2D eigenvalue weighted by atomic mass is 9.83. The first-order valence-electron chi connectivity index (χ1n) is 8.27. The molecule has 0 bridgehead atoms. The number of carbonyl (C=O) groups is 1. The van der Waals surface area contributed by atoms with Crippen LogP contribution in [0.3, 0.4) is 0 Å². The van der Waals surface area contributed by atoms with Crippen LogP contribution >= 0.6 is 11.8 Å². The summed E-state index contributed by atoms with van der Waals surface area (Å²) in [7, 11) is 0. The number of fused-ring (bicyclic) bond motifs is 1. The van der Waals surface area contributed by atoms with E-state index in [9.17, 15) is 4.79 Å². The van der Waals surface area contributed by atoms with E-state index in [4.69, 9.17) is 4.74 Å². The van der Waals surface area contributed by atoms with Gasteiger partial charge in [0.2, 0.25) is 0 Å². The second-order valence-electron chi connectivity index (χ2n) is 7.05. The van der Waals surface area contributed by atoms with Crippen molar-refractivity contribution < 1.29 is 9.53 Å². The van der Waals surface area contributed by atoms with Crippen LogP contribution in [0.15, 0.2) is 30.3 Å². The minimum Gasteiger partial charge on any atom is -0.357 e. The molecule has 1 aliphatic carbocycles. The summed E-state index contributed by atoms with van der Waals surface area (Å²) in [4.78, 5) is 15.1. The van der Waals surface area contributed by atoms with Gasteiger partial charge in [-0.1, -0.05) is 44.2 Å². The first kappa shape index (κ1) is 14.6. The fourth-order valence-electron chi connectivity index (χ4n) is 3.78. The summed E-state index contributed by atoms with van der Waals surface area (Å²) in [5.74, 6) is 2.26. The summed E-state index contributed by atoms with van der Waals surface area (Å²) in [6, 6.07) is 10.6. The maximum Gasteiger partial charge on any atom is 0.259 e. The number of hydrogen-bond donors (Lipinski definition) is 0. The summed E-state index contributed by atoms with van der Waals surface area (Å²) in [5.41, 5.74) is 0.613. The molecule has 4 rings (SSSR count). The van der Waals surface area contributed by atoms with Crippen molar-refractivity contribution in [1.29, 1.82) is 0 Å². The van der Waals surface area contributed by atoms with Gasteiger partial charge in [-0.25, -0.2) is 0 Å². The number of benzene rings is 1. The van der Waals surface area contributed by atoms with Crippen molar-refractivity contribution in [2.75, 3.05) is 5.75 Å². The monoisotopic (exact) mass is 317 g/mol. The maximum atomic E-state index is 13.0. The zero-order valence-corrected chi connectivity index (χ0v) is 14.0. The summed E-state index contributed by atoms with van der Waals surface area (Å²) >= 11 is 1.92. The van der Waals surface area contributed by atoms with E-state index < -0.39 is 5.60 Å². The van der Waals surface area contributed by atoms with Crippen LogP contribution in [0, 0.1) is 11.8 Å². The van der Waals surface area contributed by atoms with Crippen LogP contribution in [-0.4, -0.2) is 33.6 Å². The highest BCUT2D eigenvalue weighted by molar-refractivity contribution is 8.00. The highest BCUT2D eigenvalue weighted by Gasteiger charge is 2.71. The molecule has 1 saturated carbocycles. The quantitative estimate of drug-likeness (QED) is 0.781.